The third-order valence-electron chi connectivity index (χ3n) is 3.57. The van der Waals surface area contributed by atoms with Crippen LogP contribution in [-0.4, -0.2) is 16.5 Å². The summed E-state index contributed by atoms with van der Waals surface area (Å²) in [4.78, 5) is 8.92. The highest BCUT2D eigenvalue weighted by Gasteiger charge is 2.14. The molecule has 1 N–H and O–H groups in total. The van der Waals surface area contributed by atoms with Crippen molar-refractivity contribution in [2.75, 3.05) is 6.54 Å². The van der Waals surface area contributed by atoms with Crippen LogP contribution in [0.25, 0.3) is 0 Å². The van der Waals surface area contributed by atoms with Crippen molar-refractivity contribution in [2.24, 2.45) is 0 Å². The minimum absolute atomic E-state index is 0.169. The third kappa shape index (κ3) is 3.64. The zero-order valence-corrected chi connectivity index (χ0v) is 12.8. The third-order valence-corrected chi connectivity index (χ3v) is 3.57. The Bertz CT molecular complexity index is 561. The van der Waals surface area contributed by atoms with E-state index >= 15 is 0 Å². The number of hydrogen-bond donors (Lipinski definition) is 1. The lowest BCUT2D eigenvalue weighted by molar-refractivity contribution is 0.521. The summed E-state index contributed by atoms with van der Waals surface area (Å²) in [5, 5.41) is 3.48. The second-order valence-electron chi connectivity index (χ2n) is 5.35. The molecule has 0 aliphatic rings. The summed E-state index contributed by atoms with van der Waals surface area (Å²) >= 11 is 0. The van der Waals surface area contributed by atoms with E-state index in [0.717, 1.165) is 24.4 Å². The fraction of sp³-hybridized carbons (Fsp3) is 0.412. The van der Waals surface area contributed by atoms with Gasteiger partial charge in [0, 0.05) is 12.4 Å². The van der Waals surface area contributed by atoms with Crippen LogP contribution in [0.1, 0.15) is 41.0 Å². The van der Waals surface area contributed by atoms with Gasteiger partial charge in [-0.15, -0.1) is 0 Å². The standard InChI is InChI=1S/C17H23N3/c1-5-18-16(17-19-10-12(2)11-20-17)9-15-7-6-13(3)14(4)8-15/h6-8,10-11,16,18H,5,9H2,1-4H3. The number of nitrogens with one attached hydrogen (secondary N) is 1. The number of rotatable bonds is 5. The lowest BCUT2D eigenvalue weighted by Crippen LogP contribution is -2.25. The molecule has 2 aromatic rings. The van der Waals surface area contributed by atoms with E-state index in [0.29, 0.717) is 0 Å². The van der Waals surface area contributed by atoms with Gasteiger partial charge in [-0.2, -0.15) is 0 Å². The van der Waals surface area contributed by atoms with E-state index in [9.17, 15) is 0 Å². The average Bonchev–Trinajstić information content (AvgIpc) is 2.43. The van der Waals surface area contributed by atoms with Crippen LogP contribution < -0.4 is 5.32 Å². The van der Waals surface area contributed by atoms with Gasteiger partial charge in [0.05, 0.1) is 6.04 Å². The molecule has 1 atom stereocenters. The molecule has 1 unspecified atom stereocenters. The molecule has 2 rings (SSSR count). The number of aryl methyl sites for hydroxylation is 3. The van der Waals surface area contributed by atoms with Crippen molar-refractivity contribution in [1.82, 2.24) is 15.3 Å². The molecule has 0 aliphatic carbocycles. The SMILES string of the molecule is CCNC(Cc1ccc(C)c(C)c1)c1ncc(C)cn1. The first kappa shape index (κ1) is 14.7. The van der Waals surface area contributed by atoms with Gasteiger partial charge in [0.25, 0.3) is 0 Å². The first-order valence-electron chi connectivity index (χ1n) is 7.18. The van der Waals surface area contributed by atoms with Crippen LogP contribution >= 0.6 is 0 Å². The maximum atomic E-state index is 4.46. The van der Waals surface area contributed by atoms with Crippen molar-refractivity contribution >= 4 is 0 Å². The lowest BCUT2D eigenvalue weighted by atomic mass is 10.0. The van der Waals surface area contributed by atoms with E-state index in [4.69, 9.17) is 0 Å². The van der Waals surface area contributed by atoms with Crippen molar-refractivity contribution in [2.45, 2.75) is 40.2 Å². The van der Waals surface area contributed by atoms with Crippen LogP contribution in [-0.2, 0) is 6.42 Å². The highest BCUT2D eigenvalue weighted by atomic mass is 15.0. The molecule has 0 aliphatic heterocycles. The van der Waals surface area contributed by atoms with Crippen molar-refractivity contribution in [3.8, 4) is 0 Å². The molecule has 0 saturated carbocycles. The predicted octanol–water partition coefficient (Wildman–Crippen LogP) is 3.30. The molecule has 0 fully saturated rings. The Morgan fingerprint density at radius 1 is 1.05 bits per heavy atom. The van der Waals surface area contributed by atoms with Gasteiger partial charge in [-0.1, -0.05) is 25.1 Å². The molecule has 1 aromatic carbocycles. The summed E-state index contributed by atoms with van der Waals surface area (Å²) in [6.07, 6.45) is 4.68. The molecule has 1 heterocycles. The van der Waals surface area contributed by atoms with Gasteiger partial charge in [0.1, 0.15) is 5.82 Å². The normalized spacial score (nSPS) is 12.4. The van der Waals surface area contributed by atoms with E-state index < -0.39 is 0 Å². The Morgan fingerprint density at radius 3 is 2.35 bits per heavy atom. The molecule has 0 spiro atoms. The Morgan fingerprint density at radius 2 is 1.75 bits per heavy atom. The fourth-order valence-corrected chi connectivity index (χ4v) is 2.25. The zero-order chi connectivity index (χ0) is 14.5. The minimum atomic E-state index is 0.169. The largest absolute Gasteiger partial charge is 0.307 e. The fourth-order valence-electron chi connectivity index (χ4n) is 2.25. The summed E-state index contributed by atoms with van der Waals surface area (Å²) in [6, 6.07) is 6.81. The van der Waals surface area contributed by atoms with Crippen LogP contribution in [0.4, 0.5) is 0 Å². The van der Waals surface area contributed by atoms with Gasteiger partial charge in [-0.05, 0) is 56.0 Å². The first-order valence-corrected chi connectivity index (χ1v) is 7.18. The molecule has 0 bridgehead atoms. The summed E-state index contributed by atoms with van der Waals surface area (Å²) in [7, 11) is 0. The molecule has 3 nitrogen and oxygen atoms in total. The molecule has 1 aromatic heterocycles. The first-order chi connectivity index (χ1) is 9.60. The molecular weight excluding hydrogens is 246 g/mol. The number of hydrogen-bond acceptors (Lipinski definition) is 3. The van der Waals surface area contributed by atoms with Gasteiger partial charge in [0.2, 0.25) is 0 Å². The molecule has 0 saturated heterocycles. The quantitative estimate of drug-likeness (QED) is 0.905. The van der Waals surface area contributed by atoms with Gasteiger partial charge in [-0.3, -0.25) is 0 Å². The molecule has 20 heavy (non-hydrogen) atoms. The highest BCUT2D eigenvalue weighted by Crippen LogP contribution is 2.17. The van der Waals surface area contributed by atoms with Crippen LogP contribution in [0.3, 0.4) is 0 Å². The van der Waals surface area contributed by atoms with E-state index in [1.54, 1.807) is 0 Å². The molecule has 0 amide bonds. The van der Waals surface area contributed by atoms with Gasteiger partial charge < -0.3 is 5.32 Å². The molecular formula is C17H23N3. The molecule has 0 radical (unpaired) electrons. The number of benzene rings is 1. The van der Waals surface area contributed by atoms with Crippen molar-refractivity contribution in [1.29, 1.82) is 0 Å². The van der Waals surface area contributed by atoms with Crippen molar-refractivity contribution in [3.63, 3.8) is 0 Å². The number of nitrogens with zero attached hydrogens (tertiary/aromatic N) is 2. The highest BCUT2D eigenvalue weighted by molar-refractivity contribution is 5.30. The summed E-state index contributed by atoms with van der Waals surface area (Å²) in [5.41, 5.74) is 5.08. The Hall–Kier alpha value is -1.74. The summed E-state index contributed by atoms with van der Waals surface area (Å²) in [6.45, 7) is 9.33. The Labute approximate surface area is 121 Å². The van der Waals surface area contributed by atoms with Crippen molar-refractivity contribution in [3.05, 3.63) is 58.7 Å². The number of aromatic nitrogens is 2. The summed E-state index contributed by atoms with van der Waals surface area (Å²) < 4.78 is 0. The Kier molecular flexibility index (Phi) is 4.85. The predicted molar refractivity (Wildman–Crippen MR) is 82.8 cm³/mol. The van der Waals surface area contributed by atoms with Gasteiger partial charge in [-0.25, -0.2) is 9.97 Å². The van der Waals surface area contributed by atoms with E-state index in [2.05, 4.69) is 54.3 Å². The van der Waals surface area contributed by atoms with Crippen molar-refractivity contribution < 1.29 is 0 Å². The molecule has 106 valence electrons. The monoisotopic (exact) mass is 269 g/mol. The van der Waals surface area contributed by atoms with Crippen LogP contribution in [0, 0.1) is 20.8 Å². The smallest absolute Gasteiger partial charge is 0.145 e. The van der Waals surface area contributed by atoms with E-state index in [1.807, 2.05) is 19.3 Å². The van der Waals surface area contributed by atoms with Crippen LogP contribution in [0.2, 0.25) is 0 Å². The van der Waals surface area contributed by atoms with Gasteiger partial charge in [0.15, 0.2) is 0 Å². The lowest BCUT2D eigenvalue weighted by Gasteiger charge is -2.17. The second-order valence-corrected chi connectivity index (χ2v) is 5.35. The average molecular weight is 269 g/mol. The Balaban J connectivity index is 2.20. The number of likely N-dealkylation sites (N-methyl/N-ethyl adjacent to an activating group) is 1. The summed E-state index contributed by atoms with van der Waals surface area (Å²) in [5.74, 6) is 0.871. The zero-order valence-electron chi connectivity index (χ0n) is 12.8. The second kappa shape index (κ2) is 6.62. The maximum absolute atomic E-state index is 4.46. The van der Waals surface area contributed by atoms with Crippen LogP contribution in [0.15, 0.2) is 30.6 Å². The minimum Gasteiger partial charge on any atom is -0.307 e. The topological polar surface area (TPSA) is 37.8 Å². The van der Waals surface area contributed by atoms with E-state index in [-0.39, 0.29) is 6.04 Å². The maximum Gasteiger partial charge on any atom is 0.145 e. The van der Waals surface area contributed by atoms with E-state index in [1.165, 1.54) is 16.7 Å². The van der Waals surface area contributed by atoms with Gasteiger partial charge >= 0.3 is 0 Å². The van der Waals surface area contributed by atoms with Crippen LogP contribution in [0.5, 0.6) is 0 Å². The molecule has 3 heteroatoms.